The van der Waals surface area contributed by atoms with Gasteiger partial charge in [0.05, 0.1) is 12.7 Å². The SMILES string of the molecule is COC(=O)c1cccc(Nc2nc(Oc3ccccc3)nc(Oc3ccc(CC(C)C)cc3)n2)c1. The zero-order valence-corrected chi connectivity index (χ0v) is 19.8. The van der Waals surface area contributed by atoms with Gasteiger partial charge in [-0.2, -0.15) is 9.97 Å². The van der Waals surface area contributed by atoms with Gasteiger partial charge in [0, 0.05) is 5.69 Å². The number of esters is 1. The summed E-state index contributed by atoms with van der Waals surface area (Å²) in [5, 5.41) is 3.08. The lowest BCUT2D eigenvalue weighted by Gasteiger charge is -2.11. The van der Waals surface area contributed by atoms with Crippen molar-refractivity contribution in [3.8, 4) is 23.5 Å². The van der Waals surface area contributed by atoms with Crippen molar-refractivity contribution in [2.75, 3.05) is 12.4 Å². The number of hydrogen-bond donors (Lipinski definition) is 1. The Labute approximate surface area is 204 Å². The summed E-state index contributed by atoms with van der Waals surface area (Å²) in [5.41, 5.74) is 2.21. The van der Waals surface area contributed by atoms with Gasteiger partial charge >= 0.3 is 18.0 Å². The lowest BCUT2D eigenvalue weighted by atomic mass is 10.0. The normalized spacial score (nSPS) is 10.6. The van der Waals surface area contributed by atoms with Gasteiger partial charge in [0.15, 0.2) is 0 Å². The molecule has 8 heteroatoms. The Balaban J connectivity index is 1.61. The molecule has 0 saturated heterocycles. The van der Waals surface area contributed by atoms with Crippen molar-refractivity contribution >= 4 is 17.6 Å². The quantitative estimate of drug-likeness (QED) is 0.290. The molecular formula is C27H26N4O4. The van der Waals surface area contributed by atoms with Crippen LogP contribution in [0.1, 0.15) is 29.8 Å². The number of methoxy groups -OCH3 is 1. The Kier molecular flexibility index (Phi) is 7.52. The van der Waals surface area contributed by atoms with E-state index in [2.05, 4.69) is 34.1 Å². The predicted octanol–water partition coefficient (Wildman–Crippen LogP) is 6.18. The molecular weight excluding hydrogens is 444 g/mol. The molecule has 1 heterocycles. The van der Waals surface area contributed by atoms with Crippen molar-refractivity contribution in [1.82, 2.24) is 15.0 Å². The number of aromatic nitrogens is 3. The Hall–Kier alpha value is -4.46. The van der Waals surface area contributed by atoms with Gasteiger partial charge in [0.1, 0.15) is 11.5 Å². The van der Waals surface area contributed by atoms with E-state index < -0.39 is 5.97 Å². The minimum atomic E-state index is -0.442. The van der Waals surface area contributed by atoms with Gasteiger partial charge in [0.2, 0.25) is 5.95 Å². The van der Waals surface area contributed by atoms with Crippen molar-refractivity contribution in [3.63, 3.8) is 0 Å². The third-order valence-electron chi connectivity index (χ3n) is 4.86. The molecule has 4 aromatic rings. The van der Waals surface area contributed by atoms with Crippen LogP contribution in [0, 0.1) is 5.92 Å². The van der Waals surface area contributed by atoms with E-state index in [-0.39, 0.29) is 18.0 Å². The Morgan fingerprint density at radius 2 is 1.49 bits per heavy atom. The number of ether oxygens (including phenoxy) is 3. The molecule has 1 N–H and O–H groups in total. The number of rotatable bonds is 9. The summed E-state index contributed by atoms with van der Waals surface area (Å²) in [6, 6.07) is 23.9. The second-order valence-electron chi connectivity index (χ2n) is 8.18. The van der Waals surface area contributed by atoms with Gasteiger partial charge in [-0.05, 0) is 60.4 Å². The van der Waals surface area contributed by atoms with E-state index in [4.69, 9.17) is 14.2 Å². The molecule has 3 aromatic carbocycles. The second-order valence-corrected chi connectivity index (χ2v) is 8.18. The molecule has 0 radical (unpaired) electrons. The van der Waals surface area contributed by atoms with E-state index in [9.17, 15) is 4.79 Å². The molecule has 0 amide bonds. The van der Waals surface area contributed by atoms with Crippen molar-refractivity contribution in [3.05, 3.63) is 90.0 Å². The molecule has 0 aliphatic heterocycles. The van der Waals surface area contributed by atoms with Crippen LogP contribution in [0.3, 0.4) is 0 Å². The molecule has 0 fully saturated rings. The van der Waals surface area contributed by atoms with E-state index in [0.717, 1.165) is 6.42 Å². The largest absolute Gasteiger partial charge is 0.465 e. The first-order valence-electron chi connectivity index (χ1n) is 11.2. The van der Waals surface area contributed by atoms with Gasteiger partial charge in [-0.1, -0.05) is 50.2 Å². The third kappa shape index (κ3) is 6.77. The fourth-order valence-electron chi connectivity index (χ4n) is 3.32. The van der Waals surface area contributed by atoms with E-state index in [1.807, 2.05) is 42.5 Å². The minimum absolute atomic E-state index is 0.0595. The lowest BCUT2D eigenvalue weighted by molar-refractivity contribution is 0.0600. The Bertz CT molecular complexity index is 1280. The number of anilines is 2. The highest BCUT2D eigenvalue weighted by atomic mass is 16.5. The van der Waals surface area contributed by atoms with Crippen LogP contribution < -0.4 is 14.8 Å². The zero-order chi connectivity index (χ0) is 24.6. The average molecular weight is 471 g/mol. The van der Waals surface area contributed by atoms with Crippen LogP contribution in [0.15, 0.2) is 78.9 Å². The smallest absolute Gasteiger partial charge is 0.337 e. The van der Waals surface area contributed by atoms with Crippen LogP contribution >= 0.6 is 0 Å². The van der Waals surface area contributed by atoms with Gasteiger partial charge < -0.3 is 19.5 Å². The summed E-state index contributed by atoms with van der Waals surface area (Å²) in [6.45, 7) is 4.36. The molecule has 0 saturated carbocycles. The van der Waals surface area contributed by atoms with Crippen LogP contribution in [0.25, 0.3) is 0 Å². The Morgan fingerprint density at radius 1 is 0.829 bits per heavy atom. The van der Waals surface area contributed by atoms with Gasteiger partial charge in [0.25, 0.3) is 0 Å². The minimum Gasteiger partial charge on any atom is -0.465 e. The van der Waals surface area contributed by atoms with Crippen LogP contribution in [-0.2, 0) is 11.2 Å². The maximum Gasteiger partial charge on any atom is 0.337 e. The molecule has 4 rings (SSSR count). The second kappa shape index (κ2) is 11.1. The molecule has 0 bridgehead atoms. The van der Waals surface area contributed by atoms with Gasteiger partial charge in [-0.15, -0.1) is 4.98 Å². The fraction of sp³-hybridized carbons (Fsp3) is 0.185. The molecule has 1 aromatic heterocycles. The van der Waals surface area contributed by atoms with E-state index >= 15 is 0 Å². The fourth-order valence-corrected chi connectivity index (χ4v) is 3.32. The molecule has 178 valence electrons. The van der Waals surface area contributed by atoms with Gasteiger partial charge in [-0.25, -0.2) is 4.79 Å². The molecule has 35 heavy (non-hydrogen) atoms. The highest BCUT2D eigenvalue weighted by Gasteiger charge is 2.13. The number of carbonyl (C=O) groups excluding carboxylic acids is 1. The molecule has 0 aliphatic rings. The Morgan fingerprint density at radius 3 is 2.11 bits per heavy atom. The first-order chi connectivity index (χ1) is 17.0. The molecule has 0 atom stereocenters. The van der Waals surface area contributed by atoms with Crippen LogP contribution in [-0.4, -0.2) is 28.0 Å². The summed E-state index contributed by atoms with van der Waals surface area (Å²) >= 11 is 0. The number of benzene rings is 3. The van der Waals surface area contributed by atoms with Gasteiger partial charge in [-0.3, -0.25) is 0 Å². The van der Waals surface area contributed by atoms with Crippen LogP contribution in [0.2, 0.25) is 0 Å². The summed E-state index contributed by atoms with van der Waals surface area (Å²) in [4.78, 5) is 24.9. The summed E-state index contributed by atoms with van der Waals surface area (Å²) in [7, 11) is 1.33. The molecule has 0 spiro atoms. The molecule has 0 unspecified atom stereocenters. The highest BCUT2D eigenvalue weighted by molar-refractivity contribution is 5.90. The topological polar surface area (TPSA) is 95.5 Å². The lowest BCUT2D eigenvalue weighted by Crippen LogP contribution is -2.05. The molecule has 0 aliphatic carbocycles. The van der Waals surface area contributed by atoms with E-state index in [1.165, 1.54) is 12.7 Å². The van der Waals surface area contributed by atoms with Crippen molar-refractivity contribution < 1.29 is 19.0 Å². The number of hydrogen-bond acceptors (Lipinski definition) is 8. The summed E-state index contributed by atoms with van der Waals surface area (Å²) in [5.74, 6) is 1.48. The van der Waals surface area contributed by atoms with Crippen molar-refractivity contribution in [2.45, 2.75) is 20.3 Å². The third-order valence-corrected chi connectivity index (χ3v) is 4.86. The first kappa shape index (κ1) is 23.7. The standard InChI is InChI=1S/C27H26N4O4/c1-18(2)16-19-12-14-23(15-13-19)35-27-30-25(28-21-9-7-8-20(17-21)24(32)33-3)29-26(31-27)34-22-10-5-4-6-11-22/h4-15,17-18H,16H2,1-3H3,(H,28,29,30,31). The number of para-hydroxylation sites is 1. The highest BCUT2D eigenvalue weighted by Crippen LogP contribution is 2.26. The monoisotopic (exact) mass is 470 g/mol. The number of carbonyl (C=O) groups is 1. The zero-order valence-electron chi connectivity index (χ0n) is 19.8. The first-order valence-corrected chi connectivity index (χ1v) is 11.2. The predicted molar refractivity (Wildman–Crippen MR) is 132 cm³/mol. The van der Waals surface area contributed by atoms with Crippen LogP contribution in [0.5, 0.6) is 23.5 Å². The van der Waals surface area contributed by atoms with Crippen molar-refractivity contribution in [1.29, 1.82) is 0 Å². The number of nitrogens with one attached hydrogen (secondary N) is 1. The maximum atomic E-state index is 11.9. The summed E-state index contributed by atoms with van der Waals surface area (Å²) < 4.78 is 16.5. The molecule has 8 nitrogen and oxygen atoms in total. The van der Waals surface area contributed by atoms with Crippen LogP contribution in [0.4, 0.5) is 11.6 Å². The van der Waals surface area contributed by atoms with E-state index in [0.29, 0.717) is 28.7 Å². The average Bonchev–Trinajstić information content (AvgIpc) is 2.85. The maximum absolute atomic E-state index is 11.9. The summed E-state index contributed by atoms with van der Waals surface area (Å²) in [6.07, 6.45) is 0.986. The van der Waals surface area contributed by atoms with E-state index in [1.54, 1.807) is 36.4 Å². The van der Waals surface area contributed by atoms with Crippen molar-refractivity contribution in [2.24, 2.45) is 5.92 Å². The number of nitrogens with zero attached hydrogens (tertiary/aromatic N) is 3.